The molecule has 150 valence electrons. The van der Waals surface area contributed by atoms with Gasteiger partial charge < -0.3 is 10.1 Å². The molecule has 2 nitrogen and oxygen atoms in total. The van der Waals surface area contributed by atoms with Crippen molar-refractivity contribution in [2.24, 2.45) is 5.92 Å². The minimum Gasteiger partial charge on any atom is -0.372 e. The molecule has 2 fully saturated rings. The molecule has 2 heterocycles. The van der Waals surface area contributed by atoms with Crippen LogP contribution in [0.1, 0.15) is 72.0 Å². The first kappa shape index (κ1) is 19.7. The van der Waals surface area contributed by atoms with Crippen LogP contribution in [0.25, 0.3) is 0 Å². The fraction of sp³-hybridized carbons (Fsp3) is 0.538. The predicted octanol–water partition coefficient (Wildman–Crippen LogP) is 5.92. The van der Waals surface area contributed by atoms with Gasteiger partial charge in [-0.25, -0.2) is 0 Å². The monoisotopic (exact) mass is 377 g/mol. The fourth-order valence-electron chi connectivity index (χ4n) is 5.57. The zero-order valence-corrected chi connectivity index (χ0v) is 18.3. The van der Waals surface area contributed by atoms with Gasteiger partial charge in [0.15, 0.2) is 0 Å². The molecule has 4 rings (SSSR count). The second-order valence-electron chi connectivity index (χ2n) is 9.51. The van der Waals surface area contributed by atoms with Crippen molar-refractivity contribution in [1.29, 1.82) is 0 Å². The number of aryl methyl sites for hydroxylation is 4. The molecular weight excluding hydrogens is 342 g/mol. The topological polar surface area (TPSA) is 21.3 Å². The quantitative estimate of drug-likeness (QED) is 0.701. The highest BCUT2D eigenvalue weighted by Gasteiger charge is 2.53. The summed E-state index contributed by atoms with van der Waals surface area (Å²) in [6, 6.07) is 14.6. The molecule has 1 N–H and O–H groups in total. The molecule has 5 unspecified atom stereocenters. The van der Waals surface area contributed by atoms with Crippen LogP contribution in [0.5, 0.6) is 0 Å². The molecule has 0 radical (unpaired) electrons. The lowest BCUT2D eigenvalue weighted by Gasteiger charge is -2.48. The van der Waals surface area contributed by atoms with E-state index in [0.29, 0.717) is 17.9 Å². The van der Waals surface area contributed by atoms with E-state index in [1.165, 1.54) is 39.8 Å². The van der Waals surface area contributed by atoms with Gasteiger partial charge in [0.05, 0.1) is 18.2 Å². The first-order chi connectivity index (χ1) is 13.3. The minimum absolute atomic E-state index is 0.127. The van der Waals surface area contributed by atoms with Gasteiger partial charge >= 0.3 is 0 Å². The predicted molar refractivity (Wildman–Crippen MR) is 117 cm³/mol. The Kier molecular flexibility index (Phi) is 5.14. The average molecular weight is 378 g/mol. The highest BCUT2D eigenvalue weighted by Crippen LogP contribution is 2.52. The third-order valence-corrected chi connectivity index (χ3v) is 7.33. The molecule has 1 spiro atoms. The highest BCUT2D eigenvalue weighted by molar-refractivity contribution is 5.40. The Balaban J connectivity index is 1.70. The van der Waals surface area contributed by atoms with E-state index in [9.17, 15) is 0 Å². The van der Waals surface area contributed by atoms with Crippen LogP contribution in [0.4, 0.5) is 0 Å². The number of rotatable bonds is 2. The van der Waals surface area contributed by atoms with Crippen molar-refractivity contribution in [2.45, 2.75) is 78.0 Å². The molecule has 2 heteroatoms. The van der Waals surface area contributed by atoms with Crippen LogP contribution in [-0.4, -0.2) is 18.2 Å². The van der Waals surface area contributed by atoms with Crippen LogP contribution < -0.4 is 5.32 Å². The second-order valence-corrected chi connectivity index (χ2v) is 9.51. The summed E-state index contributed by atoms with van der Waals surface area (Å²) in [6.07, 6.45) is 2.26. The van der Waals surface area contributed by atoms with Crippen molar-refractivity contribution in [3.05, 3.63) is 69.8 Å². The van der Waals surface area contributed by atoms with Crippen molar-refractivity contribution < 1.29 is 4.74 Å². The molecule has 2 aliphatic heterocycles. The summed E-state index contributed by atoms with van der Waals surface area (Å²) in [7, 11) is 0. The molecule has 2 aliphatic rings. The highest BCUT2D eigenvalue weighted by atomic mass is 16.5. The Hall–Kier alpha value is -1.64. The zero-order chi connectivity index (χ0) is 20.1. The van der Waals surface area contributed by atoms with Gasteiger partial charge in [-0.3, -0.25) is 0 Å². The van der Waals surface area contributed by atoms with Gasteiger partial charge in [0.2, 0.25) is 0 Å². The molecule has 2 saturated heterocycles. The van der Waals surface area contributed by atoms with E-state index in [-0.39, 0.29) is 11.6 Å². The van der Waals surface area contributed by atoms with Crippen LogP contribution in [0.3, 0.4) is 0 Å². The van der Waals surface area contributed by atoms with E-state index < -0.39 is 0 Å². The first-order valence-corrected chi connectivity index (χ1v) is 10.8. The molecule has 0 amide bonds. The van der Waals surface area contributed by atoms with E-state index in [1.807, 2.05) is 0 Å². The Morgan fingerprint density at radius 1 is 0.929 bits per heavy atom. The summed E-state index contributed by atoms with van der Waals surface area (Å²) in [5.41, 5.74) is 8.21. The van der Waals surface area contributed by atoms with Gasteiger partial charge in [0.1, 0.15) is 0 Å². The smallest absolute Gasteiger partial charge is 0.0909 e. The zero-order valence-electron chi connectivity index (χ0n) is 18.3. The summed E-state index contributed by atoms with van der Waals surface area (Å²) in [5.74, 6) is 1.01. The molecule has 0 saturated carbocycles. The number of ether oxygens (including phenoxy) is 1. The van der Waals surface area contributed by atoms with Crippen LogP contribution in [0.15, 0.2) is 36.4 Å². The third kappa shape index (κ3) is 3.31. The summed E-state index contributed by atoms with van der Waals surface area (Å²) in [4.78, 5) is 0. The third-order valence-electron chi connectivity index (χ3n) is 7.33. The van der Waals surface area contributed by atoms with E-state index in [1.54, 1.807) is 0 Å². The summed E-state index contributed by atoms with van der Waals surface area (Å²) in [6.45, 7) is 14.4. The van der Waals surface area contributed by atoms with Gasteiger partial charge in [-0.2, -0.15) is 0 Å². The lowest BCUT2D eigenvalue weighted by atomic mass is 9.69. The molecule has 0 aromatic heterocycles. The molecule has 0 bridgehead atoms. The SMILES string of the molecule is Cc1ccc(C2NC(C)CC(C)C23CC(c2cc(C)c(C)cc2C)CO3)cc1. The average Bonchev–Trinajstić information content (AvgIpc) is 3.08. The second kappa shape index (κ2) is 7.31. The maximum atomic E-state index is 6.77. The Morgan fingerprint density at radius 3 is 2.32 bits per heavy atom. The van der Waals surface area contributed by atoms with Gasteiger partial charge in [0.25, 0.3) is 0 Å². The number of hydrogen-bond acceptors (Lipinski definition) is 2. The largest absolute Gasteiger partial charge is 0.372 e. The molecule has 0 aliphatic carbocycles. The lowest BCUT2D eigenvalue weighted by molar-refractivity contribution is -0.0928. The molecule has 28 heavy (non-hydrogen) atoms. The van der Waals surface area contributed by atoms with Crippen LogP contribution in [-0.2, 0) is 4.74 Å². The van der Waals surface area contributed by atoms with Gasteiger partial charge in [-0.15, -0.1) is 0 Å². The maximum absolute atomic E-state index is 6.77. The standard InChI is InChI=1S/C26H35NO/c1-16-7-9-22(10-8-16)25-26(20(5)13-21(6)27-25)14-23(15-28-26)24-12-18(3)17(2)11-19(24)4/h7-12,20-21,23,25,27H,13-15H2,1-6H3. The van der Waals surface area contributed by atoms with Crippen molar-refractivity contribution in [3.63, 3.8) is 0 Å². The summed E-state index contributed by atoms with van der Waals surface area (Å²) in [5, 5.41) is 3.90. The number of nitrogens with one attached hydrogen (secondary N) is 1. The van der Waals surface area contributed by atoms with Crippen LogP contribution >= 0.6 is 0 Å². The first-order valence-electron chi connectivity index (χ1n) is 10.8. The van der Waals surface area contributed by atoms with Crippen molar-refractivity contribution in [2.75, 3.05) is 6.61 Å². The van der Waals surface area contributed by atoms with Crippen molar-refractivity contribution in [1.82, 2.24) is 5.32 Å². The normalized spacial score (nSPS) is 32.8. The summed E-state index contributed by atoms with van der Waals surface area (Å²) < 4.78 is 6.77. The van der Waals surface area contributed by atoms with E-state index >= 15 is 0 Å². The Morgan fingerprint density at radius 2 is 1.61 bits per heavy atom. The van der Waals surface area contributed by atoms with E-state index in [4.69, 9.17) is 4.74 Å². The minimum atomic E-state index is -0.127. The molecule has 5 atom stereocenters. The van der Waals surface area contributed by atoms with E-state index in [0.717, 1.165) is 13.0 Å². The number of piperidine rings is 1. The Labute approximate surface area is 170 Å². The number of benzene rings is 2. The molecule has 2 aromatic carbocycles. The van der Waals surface area contributed by atoms with Gasteiger partial charge in [-0.1, -0.05) is 48.9 Å². The summed E-state index contributed by atoms with van der Waals surface area (Å²) >= 11 is 0. The molecule has 2 aromatic rings. The van der Waals surface area contributed by atoms with Crippen LogP contribution in [0, 0.1) is 33.6 Å². The lowest BCUT2D eigenvalue weighted by Crippen LogP contribution is -2.56. The van der Waals surface area contributed by atoms with Gasteiger partial charge in [0, 0.05) is 12.0 Å². The van der Waals surface area contributed by atoms with Crippen molar-refractivity contribution >= 4 is 0 Å². The Bertz CT molecular complexity index is 855. The van der Waals surface area contributed by atoms with Gasteiger partial charge in [-0.05, 0) is 81.2 Å². The number of hydrogen-bond donors (Lipinski definition) is 1. The van der Waals surface area contributed by atoms with Crippen molar-refractivity contribution in [3.8, 4) is 0 Å². The fourth-order valence-corrected chi connectivity index (χ4v) is 5.57. The van der Waals surface area contributed by atoms with E-state index in [2.05, 4.69) is 83.3 Å². The maximum Gasteiger partial charge on any atom is 0.0909 e. The van der Waals surface area contributed by atoms with Crippen LogP contribution in [0.2, 0.25) is 0 Å². The molecular formula is C26H35NO.